The van der Waals surface area contributed by atoms with Crippen LogP contribution in [0.15, 0.2) is 10.1 Å². The van der Waals surface area contributed by atoms with Gasteiger partial charge < -0.3 is 5.21 Å². The predicted molar refractivity (Wildman–Crippen MR) is 52.1 cm³/mol. The molecule has 1 unspecified atom stereocenters. The van der Waals surface area contributed by atoms with Gasteiger partial charge in [0.15, 0.2) is 0 Å². The van der Waals surface area contributed by atoms with Gasteiger partial charge in [0.1, 0.15) is 4.38 Å². The smallest absolute Gasteiger partial charge is 0.125 e. The van der Waals surface area contributed by atoms with Crippen molar-refractivity contribution >= 4 is 34.1 Å². The predicted octanol–water partition coefficient (Wildman–Crippen LogP) is 1.67. The summed E-state index contributed by atoms with van der Waals surface area (Å²) in [5.74, 6) is 0.925. The Morgan fingerprint density at radius 3 is 2.91 bits per heavy atom. The summed E-state index contributed by atoms with van der Waals surface area (Å²) >= 11 is 3.34. The van der Waals surface area contributed by atoms with E-state index in [9.17, 15) is 0 Å². The fraction of sp³-hybridized carbons (Fsp3) is 0.667. The van der Waals surface area contributed by atoms with Gasteiger partial charge in [-0.15, -0.1) is 5.16 Å². The number of oxime groups is 1. The molecular formula is C6H10N2OS2. The van der Waals surface area contributed by atoms with Crippen LogP contribution in [0.1, 0.15) is 6.92 Å². The van der Waals surface area contributed by atoms with Crippen molar-refractivity contribution in [2.45, 2.75) is 11.7 Å². The Balaban J connectivity index is 2.65. The molecule has 62 valence electrons. The molecule has 0 aliphatic carbocycles. The van der Waals surface area contributed by atoms with Crippen molar-refractivity contribution < 1.29 is 5.21 Å². The monoisotopic (exact) mass is 190 g/mol. The summed E-state index contributed by atoms with van der Waals surface area (Å²) in [6.07, 6.45) is 1.56. The fourth-order valence-corrected chi connectivity index (χ4v) is 3.36. The Hall–Kier alpha value is -0.160. The van der Waals surface area contributed by atoms with Crippen LogP contribution < -0.4 is 0 Å². The second-order valence-corrected chi connectivity index (χ2v) is 5.18. The highest BCUT2D eigenvalue weighted by atomic mass is 32.2. The molecule has 0 spiro atoms. The number of hydrogen-bond acceptors (Lipinski definition) is 5. The van der Waals surface area contributed by atoms with E-state index in [1.54, 1.807) is 36.8 Å². The summed E-state index contributed by atoms with van der Waals surface area (Å²) in [4.78, 5) is 4.06. The molecule has 0 aromatic rings. The lowest BCUT2D eigenvalue weighted by atomic mass is 10.2. The Kier molecular flexibility index (Phi) is 2.84. The van der Waals surface area contributed by atoms with Crippen molar-refractivity contribution in [3.05, 3.63) is 0 Å². The summed E-state index contributed by atoms with van der Waals surface area (Å²) in [6.45, 7) is 2.03. The van der Waals surface area contributed by atoms with Crippen molar-refractivity contribution in [2.75, 3.05) is 12.8 Å². The van der Waals surface area contributed by atoms with Crippen LogP contribution >= 0.6 is 23.5 Å². The molecule has 1 saturated heterocycles. The van der Waals surface area contributed by atoms with E-state index in [1.165, 1.54) is 0 Å². The van der Waals surface area contributed by atoms with E-state index in [2.05, 4.69) is 10.1 Å². The molecule has 0 aromatic carbocycles. The molecule has 1 heterocycles. The molecule has 0 radical (unpaired) electrons. The van der Waals surface area contributed by atoms with Crippen LogP contribution in [-0.2, 0) is 0 Å². The van der Waals surface area contributed by atoms with E-state index < -0.39 is 0 Å². The lowest BCUT2D eigenvalue weighted by Gasteiger charge is -2.11. The number of hydrogen-bond donors (Lipinski definition) is 1. The Morgan fingerprint density at radius 2 is 2.45 bits per heavy atom. The molecule has 1 aliphatic heterocycles. The minimum Gasteiger partial charge on any atom is -0.411 e. The fourth-order valence-electron chi connectivity index (χ4n) is 0.759. The van der Waals surface area contributed by atoms with Gasteiger partial charge in [-0.2, -0.15) is 0 Å². The van der Waals surface area contributed by atoms with E-state index in [1.807, 2.05) is 6.92 Å². The minimum atomic E-state index is -0.0751. The summed E-state index contributed by atoms with van der Waals surface area (Å²) < 4.78 is 0.987. The van der Waals surface area contributed by atoms with Crippen LogP contribution in [0.2, 0.25) is 0 Å². The van der Waals surface area contributed by atoms with Gasteiger partial charge in [0, 0.05) is 12.8 Å². The largest absolute Gasteiger partial charge is 0.411 e. The van der Waals surface area contributed by atoms with Gasteiger partial charge in [-0.25, -0.2) is 0 Å². The van der Waals surface area contributed by atoms with Crippen LogP contribution in [0, 0.1) is 0 Å². The summed E-state index contributed by atoms with van der Waals surface area (Å²) in [5, 5.41) is 11.4. The number of aliphatic imine (C=N–C) groups is 1. The van der Waals surface area contributed by atoms with Crippen molar-refractivity contribution in [1.82, 2.24) is 0 Å². The second kappa shape index (κ2) is 3.49. The summed E-state index contributed by atoms with van der Waals surface area (Å²) in [6, 6.07) is 0. The normalized spacial score (nSPS) is 35.6. The number of rotatable bonds is 1. The highest BCUT2D eigenvalue weighted by Crippen LogP contribution is 2.40. The van der Waals surface area contributed by atoms with Gasteiger partial charge in [0.05, 0.1) is 11.0 Å². The molecule has 1 atom stereocenters. The zero-order chi connectivity index (χ0) is 8.32. The number of thioether (sulfide) groups is 2. The summed E-state index contributed by atoms with van der Waals surface area (Å²) in [7, 11) is 1.77. The Labute approximate surface area is 74.3 Å². The zero-order valence-corrected chi connectivity index (χ0v) is 8.08. The molecule has 0 saturated carbocycles. The highest BCUT2D eigenvalue weighted by Gasteiger charge is 2.32. The van der Waals surface area contributed by atoms with Crippen molar-refractivity contribution in [2.24, 2.45) is 10.1 Å². The van der Waals surface area contributed by atoms with Crippen LogP contribution in [0.5, 0.6) is 0 Å². The molecule has 3 nitrogen and oxygen atoms in total. The molecule has 0 aromatic heterocycles. The standard InChI is InChI=1S/C6H10N2OS2/c1-6(3-8-9)4-10-5(7-2)11-6/h3,9H,4H2,1-2H3/b7-5?,8-3+. The number of nitrogens with zero attached hydrogens (tertiary/aromatic N) is 2. The SMILES string of the molecule is CN=C1SCC(C)(/C=N/O)S1. The van der Waals surface area contributed by atoms with Crippen molar-refractivity contribution in [1.29, 1.82) is 0 Å². The summed E-state index contributed by atoms with van der Waals surface area (Å²) in [5.41, 5.74) is 0. The van der Waals surface area contributed by atoms with E-state index in [-0.39, 0.29) is 4.75 Å². The third-order valence-corrected chi connectivity index (χ3v) is 4.35. The van der Waals surface area contributed by atoms with Gasteiger partial charge in [-0.05, 0) is 6.92 Å². The van der Waals surface area contributed by atoms with Crippen LogP contribution in [0.4, 0.5) is 0 Å². The first-order chi connectivity index (χ1) is 5.20. The average molecular weight is 190 g/mol. The first kappa shape index (κ1) is 8.93. The molecule has 1 rings (SSSR count). The van der Waals surface area contributed by atoms with Gasteiger partial charge in [0.25, 0.3) is 0 Å². The molecule has 1 N–H and O–H groups in total. The first-order valence-corrected chi connectivity index (χ1v) is 4.97. The van der Waals surface area contributed by atoms with Gasteiger partial charge in [-0.1, -0.05) is 23.5 Å². The Morgan fingerprint density at radius 1 is 1.73 bits per heavy atom. The van der Waals surface area contributed by atoms with E-state index >= 15 is 0 Å². The Bertz CT molecular complexity index is 205. The van der Waals surface area contributed by atoms with Crippen LogP contribution in [-0.4, -0.2) is 33.3 Å². The molecule has 11 heavy (non-hydrogen) atoms. The lowest BCUT2D eigenvalue weighted by molar-refractivity contribution is 0.320. The van der Waals surface area contributed by atoms with Crippen LogP contribution in [0.25, 0.3) is 0 Å². The third kappa shape index (κ3) is 2.13. The van der Waals surface area contributed by atoms with Crippen molar-refractivity contribution in [3.63, 3.8) is 0 Å². The van der Waals surface area contributed by atoms with E-state index in [0.29, 0.717) is 0 Å². The maximum absolute atomic E-state index is 8.36. The molecular weight excluding hydrogens is 180 g/mol. The molecule has 5 heteroatoms. The average Bonchev–Trinajstić information content (AvgIpc) is 2.33. The third-order valence-electron chi connectivity index (χ3n) is 1.32. The second-order valence-electron chi connectivity index (χ2n) is 2.44. The zero-order valence-electron chi connectivity index (χ0n) is 6.44. The maximum atomic E-state index is 8.36. The quantitative estimate of drug-likeness (QED) is 0.388. The van der Waals surface area contributed by atoms with Crippen LogP contribution in [0.3, 0.4) is 0 Å². The molecule has 1 aliphatic rings. The molecule has 0 bridgehead atoms. The van der Waals surface area contributed by atoms with Gasteiger partial charge in [0.2, 0.25) is 0 Å². The maximum Gasteiger partial charge on any atom is 0.125 e. The molecule has 0 amide bonds. The van der Waals surface area contributed by atoms with Gasteiger partial charge >= 0.3 is 0 Å². The minimum absolute atomic E-state index is 0.0751. The van der Waals surface area contributed by atoms with E-state index in [4.69, 9.17) is 5.21 Å². The highest BCUT2D eigenvalue weighted by molar-refractivity contribution is 8.42. The lowest BCUT2D eigenvalue weighted by Crippen LogP contribution is -2.21. The van der Waals surface area contributed by atoms with Crippen molar-refractivity contribution in [3.8, 4) is 0 Å². The molecule has 1 fully saturated rings. The van der Waals surface area contributed by atoms with Gasteiger partial charge in [-0.3, -0.25) is 4.99 Å². The first-order valence-electron chi connectivity index (χ1n) is 3.17. The van der Waals surface area contributed by atoms with E-state index in [0.717, 1.165) is 10.1 Å². The topological polar surface area (TPSA) is 45.0 Å².